The third kappa shape index (κ3) is 3.72. The lowest BCUT2D eigenvalue weighted by Gasteiger charge is -2.32. The van der Waals surface area contributed by atoms with Crippen molar-refractivity contribution in [3.05, 3.63) is 35.3 Å². The highest BCUT2D eigenvalue weighted by molar-refractivity contribution is 5.78. The zero-order valence-electron chi connectivity index (χ0n) is 14.9. The van der Waals surface area contributed by atoms with Crippen molar-refractivity contribution in [2.24, 2.45) is 0 Å². The van der Waals surface area contributed by atoms with Crippen molar-refractivity contribution in [2.45, 2.75) is 26.4 Å². The van der Waals surface area contributed by atoms with E-state index in [1.807, 2.05) is 36.9 Å². The second-order valence-corrected chi connectivity index (χ2v) is 6.10. The smallest absolute Gasteiger partial charge is 0.236 e. The van der Waals surface area contributed by atoms with Crippen molar-refractivity contribution in [1.29, 1.82) is 0 Å². The summed E-state index contributed by atoms with van der Waals surface area (Å²) in [5.74, 6) is 0.910. The molecule has 1 saturated heterocycles. The SMILES string of the molecule is CCc1onc(C)c1-c1cccc([C@@H]2CN(C(=O)CNC)CCO2)n1. The van der Waals surface area contributed by atoms with Gasteiger partial charge in [0.05, 0.1) is 42.3 Å². The minimum Gasteiger partial charge on any atom is -0.368 e. The number of carbonyl (C=O) groups is 1. The first-order valence-corrected chi connectivity index (χ1v) is 8.60. The number of aromatic nitrogens is 2. The van der Waals surface area contributed by atoms with Crippen molar-refractivity contribution in [2.75, 3.05) is 33.3 Å². The molecule has 25 heavy (non-hydrogen) atoms. The van der Waals surface area contributed by atoms with Crippen LogP contribution in [0.4, 0.5) is 0 Å². The van der Waals surface area contributed by atoms with E-state index in [4.69, 9.17) is 14.2 Å². The second kappa shape index (κ2) is 7.76. The lowest BCUT2D eigenvalue weighted by Crippen LogP contribution is -2.45. The van der Waals surface area contributed by atoms with Crippen LogP contribution in [-0.2, 0) is 16.0 Å². The van der Waals surface area contributed by atoms with E-state index in [9.17, 15) is 4.79 Å². The standard InChI is InChI=1S/C18H24N4O3/c1-4-15-18(12(2)21-25-15)14-7-5-6-13(20-14)16-11-22(8-9-24-16)17(23)10-19-3/h5-7,16,19H,4,8-11H2,1-3H3/t16-/m0/s1. The van der Waals surface area contributed by atoms with Gasteiger partial charge in [-0.2, -0.15) is 0 Å². The zero-order valence-corrected chi connectivity index (χ0v) is 14.9. The summed E-state index contributed by atoms with van der Waals surface area (Å²) in [5, 5.41) is 6.96. The van der Waals surface area contributed by atoms with E-state index in [0.717, 1.165) is 34.8 Å². The molecule has 1 amide bonds. The van der Waals surface area contributed by atoms with Gasteiger partial charge in [0.15, 0.2) is 0 Å². The average Bonchev–Trinajstić information content (AvgIpc) is 3.03. The Bertz CT molecular complexity index is 744. The molecule has 2 aromatic rings. The molecular weight excluding hydrogens is 320 g/mol. The number of nitrogens with one attached hydrogen (secondary N) is 1. The number of carbonyl (C=O) groups excluding carboxylic acids is 1. The number of nitrogens with zero attached hydrogens (tertiary/aromatic N) is 3. The van der Waals surface area contributed by atoms with Gasteiger partial charge in [-0.3, -0.25) is 4.79 Å². The Morgan fingerprint density at radius 1 is 1.44 bits per heavy atom. The van der Waals surface area contributed by atoms with Gasteiger partial charge in [-0.05, 0) is 26.1 Å². The van der Waals surface area contributed by atoms with Gasteiger partial charge >= 0.3 is 0 Å². The van der Waals surface area contributed by atoms with E-state index < -0.39 is 0 Å². The summed E-state index contributed by atoms with van der Waals surface area (Å²) in [4.78, 5) is 18.7. The fraction of sp³-hybridized carbons (Fsp3) is 0.500. The molecule has 0 aromatic carbocycles. The van der Waals surface area contributed by atoms with E-state index in [-0.39, 0.29) is 12.0 Å². The Balaban J connectivity index is 1.84. The van der Waals surface area contributed by atoms with Crippen LogP contribution in [0.2, 0.25) is 0 Å². The Kier molecular flexibility index (Phi) is 5.45. The summed E-state index contributed by atoms with van der Waals surface area (Å²) in [5.41, 5.74) is 3.43. The highest BCUT2D eigenvalue weighted by Gasteiger charge is 2.26. The van der Waals surface area contributed by atoms with E-state index >= 15 is 0 Å². The van der Waals surface area contributed by atoms with Gasteiger partial charge < -0.3 is 19.5 Å². The van der Waals surface area contributed by atoms with Crippen LogP contribution in [0.1, 0.15) is 30.2 Å². The number of hydrogen-bond donors (Lipinski definition) is 1. The van der Waals surface area contributed by atoms with Crippen LogP contribution in [0.15, 0.2) is 22.7 Å². The summed E-state index contributed by atoms with van der Waals surface area (Å²) in [6.45, 7) is 5.92. The normalized spacial score (nSPS) is 17.7. The molecule has 0 unspecified atom stereocenters. The lowest BCUT2D eigenvalue weighted by molar-refractivity contribution is -0.138. The van der Waals surface area contributed by atoms with Gasteiger partial charge in [0.1, 0.15) is 11.9 Å². The van der Waals surface area contributed by atoms with Crippen molar-refractivity contribution in [1.82, 2.24) is 20.4 Å². The number of aryl methyl sites for hydroxylation is 2. The maximum Gasteiger partial charge on any atom is 0.236 e. The number of amides is 1. The number of rotatable bonds is 5. The summed E-state index contributed by atoms with van der Waals surface area (Å²) < 4.78 is 11.2. The largest absolute Gasteiger partial charge is 0.368 e. The van der Waals surface area contributed by atoms with Crippen LogP contribution >= 0.6 is 0 Å². The predicted molar refractivity (Wildman–Crippen MR) is 93.0 cm³/mol. The van der Waals surface area contributed by atoms with Crippen LogP contribution in [0, 0.1) is 6.92 Å². The molecule has 3 heterocycles. The Morgan fingerprint density at radius 3 is 3.04 bits per heavy atom. The van der Waals surface area contributed by atoms with E-state index in [2.05, 4.69) is 10.5 Å². The fourth-order valence-corrected chi connectivity index (χ4v) is 3.07. The predicted octanol–water partition coefficient (Wildman–Crippen LogP) is 1.73. The molecule has 0 saturated carbocycles. The number of morpholine rings is 1. The first-order chi connectivity index (χ1) is 12.1. The van der Waals surface area contributed by atoms with Crippen LogP contribution in [0.3, 0.4) is 0 Å². The highest BCUT2D eigenvalue weighted by atomic mass is 16.5. The Hall–Kier alpha value is -2.25. The molecule has 0 aliphatic carbocycles. The molecule has 1 aliphatic rings. The van der Waals surface area contributed by atoms with Gasteiger partial charge in [0, 0.05) is 13.0 Å². The molecule has 7 heteroatoms. The first kappa shape index (κ1) is 17.6. The molecular formula is C18H24N4O3. The van der Waals surface area contributed by atoms with Crippen molar-refractivity contribution in [3.8, 4) is 11.3 Å². The maximum atomic E-state index is 12.1. The lowest BCUT2D eigenvalue weighted by atomic mass is 10.1. The van der Waals surface area contributed by atoms with Crippen LogP contribution in [0.25, 0.3) is 11.3 Å². The zero-order chi connectivity index (χ0) is 17.8. The Morgan fingerprint density at radius 2 is 2.28 bits per heavy atom. The number of hydrogen-bond acceptors (Lipinski definition) is 6. The molecule has 134 valence electrons. The summed E-state index contributed by atoms with van der Waals surface area (Å²) in [6.07, 6.45) is 0.536. The highest BCUT2D eigenvalue weighted by Crippen LogP contribution is 2.28. The monoisotopic (exact) mass is 344 g/mol. The number of likely N-dealkylation sites (N-methyl/N-ethyl adjacent to an activating group) is 1. The van der Waals surface area contributed by atoms with Crippen LogP contribution in [-0.4, -0.2) is 54.2 Å². The van der Waals surface area contributed by atoms with Gasteiger partial charge in [0.25, 0.3) is 0 Å². The van der Waals surface area contributed by atoms with Gasteiger partial charge in [-0.15, -0.1) is 0 Å². The molecule has 0 radical (unpaired) electrons. The first-order valence-electron chi connectivity index (χ1n) is 8.60. The third-order valence-electron chi connectivity index (χ3n) is 4.36. The molecule has 1 fully saturated rings. The van der Waals surface area contributed by atoms with E-state index in [1.54, 1.807) is 7.05 Å². The quantitative estimate of drug-likeness (QED) is 0.890. The minimum absolute atomic E-state index is 0.0788. The summed E-state index contributed by atoms with van der Waals surface area (Å²) >= 11 is 0. The fourth-order valence-electron chi connectivity index (χ4n) is 3.07. The molecule has 7 nitrogen and oxygen atoms in total. The number of pyridine rings is 1. The van der Waals surface area contributed by atoms with Gasteiger partial charge in [-0.25, -0.2) is 4.98 Å². The molecule has 1 aliphatic heterocycles. The van der Waals surface area contributed by atoms with Crippen LogP contribution in [0.5, 0.6) is 0 Å². The van der Waals surface area contributed by atoms with Crippen LogP contribution < -0.4 is 5.32 Å². The van der Waals surface area contributed by atoms with Crippen molar-refractivity contribution < 1.29 is 14.1 Å². The van der Waals surface area contributed by atoms with Gasteiger partial charge in [0.2, 0.25) is 5.91 Å². The molecule has 0 bridgehead atoms. The molecule has 2 aromatic heterocycles. The Labute approximate surface area is 147 Å². The second-order valence-electron chi connectivity index (χ2n) is 6.10. The summed E-state index contributed by atoms with van der Waals surface area (Å²) in [7, 11) is 1.77. The average molecular weight is 344 g/mol. The topological polar surface area (TPSA) is 80.5 Å². The minimum atomic E-state index is -0.222. The van der Waals surface area contributed by atoms with Crippen molar-refractivity contribution in [3.63, 3.8) is 0 Å². The van der Waals surface area contributed by atoms with E-state index in [1.165, 1.54) is 0 Å². The van der Waals surface area contributed by atoms with Gasteiger partial charge in [-0.1, -0.05) is 18.1 Å². The molecule has 3 rings (SSSR count). The summed E-state index contributed by atoms with van der Waals surface area (Å²) in [6, 6.07) is 5.85. The third-order valence-corrected chi connectivity index (χ3v) is 4.36. The number of ether oxygens (including phenoxy) is 1. The molecule has 1 N–H and O–H groups in total. The molecule has 0 spiro atoms. The maximum absolute atomic E-state index is 12.1. The molecule has 1 atom stereocenters. The van der Waals surface area contributed by atoms with E-state index in [0.29, 0.717) is 26.2 Å². The van der Waals surface area contributed by atoms with Crippen molar-refractivity contribution >= 4 is 5.91 Å².